The van der Waals surface area contributed by atoms with Gasteiger partial charge in [-0.3, -0.25) is 4.79 Å². The summed E-state index contributed by atoms with van der Waals surface area (Å²) in [7, 11) is 0. The van der Waals surface area contributed by atoms with Crippen LogP contribution in [0, 0.1) is 5.95 Å². The molecule has 1 aromatic carbocycles. The summed E-state index contributed by atoms with van der Waals surface area (Å²) in [4.78, 5) is 15.6. The van der Waals surface area contributed by atoms with Crippen LogP contribution >= 0.6 is 0 Å². The Bertz CT molecular complexity index is 722. The van der Waals surface area contributed by atoms with Crippen LogP contribution in [-0.4, -0.2) is 17.5 Å². The van der Waals surface area contributed by atoms with Crippen molar-refractivity contribution in [1.29, 1.82) is 0 Å². The zero-order valence-electron chi connectivity index (χ0n) is 15.1. The van der Waals surface area contributed by atoms with Gasteiger partial charge in [0.25, 0.3) is 5.91 Å². The predicted molar refractivity (Wildman–Crippen MR) is 100 cm³/mol. The zero-order chi connectivity index (χ0) is 18.8. The number of aromatic nitrogens is 1. The van der Waals surface area contributed by atoms with E-state index in [0.29, 0.717) is 13.2 Å². The Morgan fingerprint density at radius 1 is 1.19 bits per heavy atom. The van der Waals surface area contributed by atoms with E-state index < -0.39 is 11.9 Å². The number of halogens is 1. The minimum Gasteiger partial charge on any atom is -0.494 e. The van der Waals surface area contributed by atoms with Gasteiger partial charge in [-0.15, -0.1) is 0 Å². The third-order valence-electron chi connectivity index (χ3n) is 4.00. The molecular formula is C20H26FN3O2. The average Bonchev–Trinajstić information content (AvgIpc) is 2.63. The summed E-state index contributed by atoms with van der Waals surface area (Å²) in [5.41, 5.74) is 6.65. The average molecular weight is 359 g/mol. The molecule has 0 unspecified atom stereocenters. The van der Waals surface area contributed by atoms with Gasteiger partial charge in [-0.05, 0) is 36.2 Å². The molecule has 0 bridgehead atoms. The molecule has 0 atom stereocenters. The molecule has 0 spiro atoms. The van der Waals surface area contributed by atoms with Crippen molar-refractivity contribution in [3.05, 3.63) is 53.5 Å². The second kappa shape index (κ2) is 10.4. The normalized spacial score (nSPS) is 10.5. The van der Waals surface area contributed by atoms with E-state index in [0.717, 1.165) is 23.8 Å². The maximum absolute atomic E-state index is 13.0. The van der Waals surface area contributed by atoms with Gasteiger partial charge in [0.2, 0.25) is 5.95 Å². The lowest BCUT2D eigenvalue weighted by Crippen LogP contribution is -2.24. The standard InChI is InChI=1S/C20H26FN3O2/c1-2-3-4-5-6-12-26-16-9-7-8-15(13-16)14-23-20(25)17-10-11-18(21)24-19(17)22/h7-11,13H,2-6,12,14H2,1H3,(H2,22,24)(H,23,25). The van der Waals surface area contributed by atoms with Gasteiger partial charge in [-0.1, -0.05) is 44.7 Å². The highest BCUT2D eigenvalue weighted by Crippen LogP contribution is 2.15. The van der Waals surface area contributed by atoms with Crippen molar-refractivity contribution in [2.45, 2.75) is 45.6 Å². The lowest BCUT2D eigenvalue weighted by atomic mass is 10.1. The van der Waals surface area contributed by atoms with E-state index in [1.807, 2.05) is 24.3 Å². The molecule has 1 amide bonds. The fourth-order valence-electron chi connectivity index (χ4n) is 2.56. The van der Waals surface area contributed by atoms with E-state index in [1.165, 1.54) is 31.7 Å². The van der Waals surface area contributed by atoms with Crippen molar-refractivity contribution in [1.82, 2.24) is 10.3 Å². The molecule has 140 valence electrons. The number of hydrogen-bond acceptors (Lipinski definition) is 4. The molecule has 0 aliphatic carbocycles. The predicted octanol–water partition coefficient (Wildman–Crippen LogP) is 4.08. The van der Waals surface area contributed by atoms with E-state index in [9.17, 15) is 9.18 Å². The Morgan fingerprint density at radius 2 is 2.00 bits per heavy atom. The molecule has 3 N–H and O–H groups in total. The summed E-state index contributed by atoms with van der Waals surface area (Å²) in [5.74, 6) is -0.436. The number of pyridine rings is 1. The van der Waals surface area contributed by atoms with Gasteiger partial charge in [0.15, 0.2) is 0 Å². The fourth-order valence-corrected chi connectivity index (χ4v) is 2.56. The molecule has 1 aromatic heterocycles. The number of hydrogen-bond donors (Lipinski definition) is 2. The topological polar surface area (TPSA) is 77.2 Å². The Morgan fingerprint density at radius 3 is 2.77 bits per heavy atom. The van der Waals surface area contributed by atoms with Crippen molar-refractivity contribution >= 4 is 11.7 Å². The number of unbranched alkanes of at least 4 members (excludes halogenated alkanes) is 4. The van der Waals surface area contributed by atoms with Crippen LogP contribution in [0.5, 0.6) is 5.75 Å². The third kappa shape index (κ3) is 6.35. The quantitative estimate of drug-likeness (QED) is 0.495. The Kier molecular flexibility index (Phi) is 7.86. The van der Waals surface area contributed by atoms with Crippen molar-refractivity contribution in [3.63, 3.8) is 0 Å². The zero-order valence-corrected chi connectivity index (χ0v) is 15.1. The van der Waals surface area contributed by atoms with Gasteiger partial charge in [0.1, 0.15) is 11.6 Å². The number of amides is 1. The first-order valence-electron chi connectivity index (χ1n) is 9.02. The van der Waals surface area contributed by atoms with Gasteiger partial charge < -0.3 is 15.8 Å². The molecule has 5 nitrogen and oxygen atoms in total. The summed E-state index contributed by atoms with van der Waals surface area (Å²) in [5, 5.41) is 2.76. The van der Waals surface area contributed by atoms with E-state index in [4.69, 9.17) is 10.5 Å². The minimum absolute atomic E-state index is 0.123. The highest BCUT2D eigenvalue weighted by molar-refractivity contribution is 5.98. The van der Waals surface area contributed by atoms with Gasteiger partial charge in [0.05, 0.1) is 12.2 Å². The molecule has 26 heavy (non-hydrogen) atoms. The summed E-state index contributed by atoms with van der Waals surface area (Å²) in [6.07, 6.45) is 5.96. The smallest absolute Gasteiger partial charge is 0.255 e. The number of nitrogens with one attached hydrogen (secondary N) is 1. The molecule has 0 fully saturated rings. The first-order valence-corrected chi connectivity index (χ1v) is 9.02. The first kappa shape index (κ1) is 19.7. The highest BCUT2D eigenvalue weighted by atomic mass is 19.1. The summed E-state index contributed by atoms with van der Waals surface area (Å²) in [6.45, 7) is 3.21. The molecule has 0 saturated heterocycles. The van der Waals surface area contributed by atoms with Crippen molar-refractivity contribution in [3.8, 4) is 5.75 Å². The molecule has 0 aliphatic heterocycles. The van der Waals surface area contributed by atoms with Crippen LogP contribution in [-0.2, 0) is 6.54 Å². The van der Waals surface area contributed by atoms with Gasteiger partial charge in [0, 0.05) is 6.54 Å². The van der Waals surface area contributed by atoms with E-state index in [1.54, 1.807) is 0 Å². The molecule has 2 rings (SSSR count). The van der Waals surface area contributed by atoms with Crippen LogP contribution in [0.25, 0.3) is 0 Å². The number of benzene rings is 1. The highest BCUT2D eigenvalue weighted by Gasteiger charge is 2.11. The Balaban J connectivity index is 1.81. The van der Waals surface area contributed by atoms with Crippen LogP contribution in [0.1, 0.15) is 54.9 Å². The molecule has 1 heterocycles. The van der Waals surface area contributed by atoms with Crippen molar-refractivity contribution < 1.29 is 13.9 Å². The van der Waals surface area contributed by atoms with Crippen molar-refractivity contribution in [2.75, 3.05) is 12.3 Å². The van der Waals surface area contributed by atoms with Crippen molar-refractivity contribution in [2.24, 2.45) is 0 Å². The molecule has 0 radical (unpaired) electrons. The lowest BCUT2D eigenvalue weighted by molar-refractivity contribution is 0.0951. The number of ether oxygens (including phenoxy) is 1. The minimum atomic E-state index is -0.710. The number of nitrogens with zero attached hydrogens (tertiary/aromatic N) is 1. The molecule has 0 saturated carbocycles. The van der Waals surface area contributed by atoms with Crippen LogP contribution in [0.2, 0.25) is 0 Å². The van der Waals surface area contributed by atoms with Crippen LogP contribution in [0.15, 0.2) is 36.4 Å². The molecule has 6 heteroatoms. The lowest BCUT2D eigenvalue weighted by Gasteiger charge is -2.10. The van der Waals surface area contributed by atoms with Crippen LogP contribution < -0.4 is 15.8 Å². The monoisotopic (exact) mass is 359 g/mol. The summed E-state index contributed by atoms with van der Waals surface area (Å²) in [6, 6.07) is 10.0. The largest absolute Gasteiger partial charge is 0.494 e. The maximum Gasteiger partial charge on any atom is 0.255 e. The summed E-state index contributed by atoms with van der Waals surface area (Å²) >= 11 is 0. The molecule has 2 aromatic rings. The number of rotatable bonds is 10. The summed E-state index contributed by atoms with van der Waals surface area (Å²) < 4.78 is 18.7. The van der Waals surface area contributed by atoms with Gasteiger partial charge in [-0.25, -0.2) is 4.98 Å². The molecular weight excluding hydrogens is 333 g/mol. The second-order valence-corrected chi connectivity index (χ2v) is 6.16. The van der Waals surface area contributed by atoms with Gasteiger partial charge >= 0.3 is 0 Å². The number of anilines is 1. The Hall–Kier alpha value is -2.63. The van der Waals surface area contributed by atoms with Crippen LogP contribution in [0.3, 0.4) is 0 Å². The fraction of sp³-hybridized carbons (Fsp3) is 0.400. The number of nitrogen functional groups attached to an aromatic ring is 1. The number of carbonyl (C=O) groups is 1. The van der Waals surface area contributed by atoms with E-state index >= 15 is 0 Å². The van der Waals surface area contributed by atoms with E-state index in [-0.39, 0.29) is 11.4 Å². The number of nitrogens with two attached hydrogens (primary N) is 1. The van der Waals surface area contributed by atoms with Crippen LogP contribution in [0.4, 0.5) is 10.2 Å². The number of carbonyl (C=O) groups excluding carboxylic acids is 1. The second-order valence-electron chi connectivity index (χ2n) is 6.16. The van der Waals surface area contributed by atoms with E-state index in [2.05, 4.69) is 17.2 Å². The first-order chi connectivity index (χ1) is 12.6. The third-order valence-corrected chi connectivity index (χ3v) is 4.00. The van der Waals surface area contributed by atoms with Gasteiger partial charge in [-0.2, -0.15) is 4.39 Å². The SMILES string of the molecule is CCCCCCCOc1cccc(CNC(=O)c2ccc(F)nc2N)c1. The molecule has 0 aliphatic rings. The Labute approximate surface area is 153 Å². The maximum atomic E-state index is 13.0.